The highest BCUT2D eigenvalue weighted by atomic mass is 79.9. The van der Waals surface area contributed by atoms with Crippen LogP contribution in [0.25, 0.3) is 0 Å². The van der Waals surface area contributed by atoms with Gasteiger partial charge in [0.05, 0.1) is 5.02 Å². The van der Waals surface area contributed by atoms with Crippen molar-refractivity contribution in [3.8, 4) is 5.75 Å². The van der Waals surface area contributed by atoms with Gasteiger partial charge in [-0.3, -0.25) is 4.79 Å². The third-order valence-corrected chi connectivity index (χ3v) is 3.50. The third-order valence-electron chi connectivity index (χ3n) is 2.69. The van der Waals surface area contributed by atoms with E-state index >= 15 is 0 Å². The van der Waals surface area contributed by atoms with Gasteiger partial charge in [0.2, 0.25) is 0 Å². The molecule has 0 bridgehead atoms. The van der Waals surface area contributed by atoms with Crippen molar-refractivity contribution in [1.82, 2.24) is 0 Å². The lowest BCUT2D eigenvalue weighted by Crippen LogP contribution is -2.19. The minimum atomic E-state index is -0.636. The molecule has 22 heavy (non-hydrogen) atoms. The van der Waals surface area contributed by atoms with Crippen LogP contribution in [-0.4, -0.2) is 25.0 Å². The standard InChI is InChI=1S/C16H12BrClO4/c17-12-5-3-4-11(8-12)14(19)9-22-16(20)10-21-15-7-2-1-6-13(15)18/h1-8H,9-10H2. The Bertz CT molecular complexity index is 687. The van der Waals surface area contributed by atoms with Gasteiger partial charge in [-0.1, -0.05) is 51.8 Å². The van der Waals surface area contributed by atoms with Gasteiger partial charge in [-0.05, 0) is 24.3 Å². The smallest absolute Gasteiger partial charge is 0.344 e. The molecular weight excluding hydrogens is 372 g/mol. The number of benzene rings is 2. The van der Waals surface area contributed by atoms with E-state index in [9.17, 15) is 9.59 Å². The summed E-state index contributed by atoms with van der Waals surface area (Å²) < 4.78 is 10.9. The van der Waals surface area contributed by atoms with Gasteiger partial charge in [0.25, 0.3) is 0 Å². The van der Waals surface area contributed by atoms with Gasteiger partial charge >= 0.3 is 5.97 Å². The highest BCUT2D eigenvalue weighted by Crippen LogP contribution is 2.22. The molecule has 0 saturated carbocycles. The molecule has 0 N–H and O–H groups in total. The molecule has 0 aromatic heterocycles. The van der Waals surface area contributed by atoms with Crippen molar-refractivity contribution in [3.63, 3.8) is 0 Å². The number of carbonyl (C=O) groups is 2. The van der Waals surface area contributed by atoms with Crippen molar-refractivity contribution >= 4 is 39.3 Å². The number of para-hydroxylation sites is 1. The van der Waals surface area contributed by atoms with Crippen LogP contribution in [0, 0.1) is 0 Å². The zero-order valence-electron chi connectivity index (χ0n) is 11.4. The predicted octanol–water partition coefficient (Wildman–Crippen LogP) is 3.91. The highest BCUT2D eigenvalue weighted by Gasteiger charge is 2.11. The maximum atomic E-state index is 11.9. The summed E-state index contributed by atoms with van der Waals surface area (Å²) in [6, 6.07) is 13.6. The lowest BCUT2D eigenvalue weighted by molar-refractivity contribution is -0.144. The van der Waals surface area contributed by atoms with Crippen molar-refractivity contribution in [2.75, 3.05) is 13.2 Å². The molecule has 0 atom stereocenters. The van der Waals surface area contributed by atoms with Crippen LogP contribution in [0.3, 0.4) is 0 Å². The number of ketones is 1. The number of Topliss-reactive ketones (excluding diaryl/α,β-unsaturated/α-hetero) is 1. The topological polar surface area (TPSA) is 52.6 Å². The first-order chi connectivity index (χ1) is 10.6. The SMILES string of the molecule is O=C(COc1ccccc1Cl)OCC(=O)c1cccc(Br)c1. The van der Waals surface area contributed by atoms with E-state index in [-0.39, 0.29) is 19.0 Å². The molecule has 114 valence electrons. The van der Waals surface area contributed by atoms with E-state index < -0.39 is 5.97 Å². The third kappa shape index (κ3) is 4.86. The first-order valence-electron chi connectivity index (χ1n) is 6.38. The van der Waals surface area contributed by atoms with Crippen LogP contribution in [0.2, 0.25) is 5.02 Å². The molecule has 0 spiro atoms. The largest absolute Gasteiger partial charge is 0.480 e. The van der Waals surface area contributed by atoms with Gasteiger partial charge < -0.3 is 9.47 Å². The summed E-state index contributed by atoms with van der Waals surface area (Å²) in [5, 5.41) is 0.403. The number of carbonyl (C=O) groups excluding carboxylic acids is 2. The Morgan fingerprint density at radius 1 is 1.05 bits per heavy atom. The molecule has 0 radical (unpaired) electrons. The molecule has 0 unspecified atom stereocenters. The minimum Gasteiger partial charge on any atom is -0.480 e. The second-order valence-corrected chi connectivity index (χ2v) is 5.64. The summed E-state index contributed by atoms with van der Waals surface area (Å²) in [5.41, 5.74) is 0.467. The second kappa shape index (κ2) is 7.96. The number of hydrogen-bond donors (Lipinski definition) is 0. The molecule has 4 nitrogen and oxygen atoms in total. The van der Waals surface area contributed by atoms with Crippen molar-refractivity contribution < 1.29 is 19.1 Å². The zero-order valence-corrected chi connectivity index (χ0v) is 13.8. The van der Waals surface area contributed by atoms with Gasteiger partial charge in [-0.15, -0.1) is 0 Å². The molecule has 6 heteroatoms. The monoisotopic (exact) mass is 382 g/mol. The molecule has 2 aromatic rings. The van der Waals surface area contributed by atoms with E-state index in [2.05, 4.69) is 15.9 Å². The van der Waals surface area contributed by atoms with Crippen LogP contribution < -0.4 is 4.74 Å². The molecule has 0 heterocycles. The normalized spacial score (nSPS) is 10.1. The van der Waals surface area contributed by atoms with Gasteiger partial charge in [0, 0.05) is 10.0 Å². The van der Waals surface area contributed by atoms with E-state index in [1.54, 1.807) is 48.5 Å². The number of rotatable bonds is 6. The molecule has 0 amide bonds. The first-order valence-corrected chi connectivity index (χ1v) is 7.55. The Morgan fingerprint density at radius 2 is 1.82 bits per heavy atom. The molecule has 0 aliphatic heterocycles. The summed E-state index contributed by atoms with van der Waals surface area (Å²) in [4.78, 5) is 23.4. The van der Waals surface area contributed by atoms with Gasteiger partial charge in [0.15, 0.2) is 19.0 Å². The Labute approximate surface area is 141 Å². The number of halogens is 2. The molecular formula is C16H12BrClO4. The summed E-state index contributed by atoms with van der Waals surface area (Å²) in [6.07, 6.45) is 0. The average molecular weight is 384 g/mol. The Kier molecular flexibility index (Phi) is 5.98. The summed E-state index contributed by atoms with van der Waals surface area (Å²) in [7, 11) is 0. The van der Waals surface area contributed by atoms with Crippen LogP contribution >= 0.6 is 27.5 Å². The zero-order chi connectivity index (χ0) is 15.9. The fourth-order valence-electron chi connectivity index (χ4n) is 1.63. The Hall–Kier alpha value is -1.85. The van der Waals surface area contributed by atoms with E-state index in [1.807, 2.05) is 0 Å². The van der Waals surface area contributed by atoms with Gasteiger partial charge in [-0.2, -0.15) is 0 Å². The summed E-state index contributed by atoms with van der Waals surface area (Å²) in [6.45, 7) is -0.642. The molecule has 2 aromatic carbocycles. The van der Waals surface area contributed by atoms with Crippen LogP contribution in [0.1, 0.15) is 10.4 Å². The number of hydrogen-bond acceptors (Lipinski definition) is 4. The van der Waals surface area contributed by atoms with Crippen LogP contribution in [0.4, 0.5) is 0 Å². The van der Waals surface area contributed by atoms with E-state index in [4.69, 9.17) is 21.1 Å². The predicted molar refractivity (Wildman–Crippen MR) is 86.4 cm³/mol. The lowest BCUT2D eigenvalue weighted by atomic mass is 10.1. The molecule has 0 saturated heterocycles. The fraction of sp³-hybridized carbons (Fsp3) is 0.125. The van der Waals surface area contributed by atoms with Crippen LogP contribution in [-0.2, 0) is 9.53 Å². The minimum absolute atomic E-state index is 0.285. The molecule has 0 aliphatic carbocycles. The van der Waals surface area contributed by atoms with Crippen molar-refractivity contribution in [2.45, 2.75) is 0 Å². The summed E-state index contributed by atoms with van der Waals surface area (Å²) >= 11 is 9.17. The molecule has 0 fully saturated rings. The van der Waals surface area contributed by atoms with Crippen molar-refractivity contribution in [3.05, 3.63) is 63.6 Å². The van der Waals surface area contributed by atoms with E-state index in [0.29, 0.717) is 16.3 Å². The van der Waals surface area contributed by atoms with Gasteiger partial charge in [0.1, 0.15) is 5.75 Å². The first kappa shape index (κ1) is 16.5. The molecule has 0 aliphatic rings. The van der Waals surface area contributed by atoms with Crippen molar-refractivity contribution in [2.24, 2.45) is 0 Å². The summed E-state index contributed by atoms with van der Waals surface area (Å²) in [5.74, 6) is -0.532. The van der Waals surface area contributed by atoms with Crippen molar-refractivity contribution in [1.29, 1.82) is 0 Å². The highest BCUT2D eigenvalue weighted by molar-refractivity contribution is 9.10. The lowest BCUT2D eigenvalue weighted by Gasteiger charge is -2.08. The average Bonchev–Trinajstić information content (AvgIpc) is 2.52. The van der Waals surface area contributed by atoms with E-state index in [0.717, 1.165) is 4.47 Å². The second-order valence-electron chi connectivity index (χ2n) is 4.31. The molecule has 2 rings (SSSR count). The number of esters is 1. The quantitative estimate of drug-likeness (QED) is 0.561. The van der Waals surface area contributed by atoms with Crippen LogP contribution in [0.15, 0.2) is 53.0 Å². The van der Waals surface area contributed by atoms with Gasteiger partial charge in [-0.25, -0.2) is 4.79 Å². The Balaban J connectivity index is 1.81. The maximum Gasteiger partial charge on any atom is 0.344 e. The van der Waals surface area contributed by atoms with Crippen LogP contribution in [0.5, 0.6) is 5.75 Å². The fourth-order valence-corrected chi connectivity index (χ4v) is 2.22. The maximum absolute atomic E-state index is 11.9. The van der Waals surface area contributed by atoms with E-state index in [1.165, 1.54) is 0 Å². The Morgan fingerprint density at radius 3 is 2.55 bits per heavy atom. The number of ether oxygens (including phenoxy) is 2.